The molecule has 66 valence electrons. The van der Waals surface area contributed by atoms with Crippen LogP contribution in [0.2, 0.25) is 0 Å². The number of carbonyl (C=O) groups excluding carboxylic acids is 1. The van der Waals surface area contributed by atoms with Gasteiger partial charge in [-0.25, -0.2) is 4.79 Å². The smallest absolute Gasteiger partial charge is 0.389 e. The topological polar surface area (TPSA) is 79.3 Å². The molecule has 0 amide bonds. The Balaban J connectivity index is 2.88. The van der Waals surface area contributed by atoms with Crippen molar-refractivity contribution in [2.45, 2.75) is 13.8 Å². The highest BCUT2D eigenvalue weighted by Gasteiger charge is 2.23. The number of esters is 1. The van der Waals surface area contributed by atoms with Gasteiger partial charge in [-0.2, -0.15) is 0 Å². The van der Waals surface area contributed by atoms with Gasteiger partial charge in [-0.05, 0) is 11.8 Å². The molecule has 0 aromatic carbocycles. The number of aromatic nitrogens is 2. The lowest BCUT2D eigenvalue weighted by molar-refractivity contribution is -0.806. The molecule has 0 radical (unpaired) electrons. The van der Waals surface area contributed by atoms with E-state index in [1.54, 1.807) is 6.92 Å². The predicted octanol–water partition coefficient (Wildman–Crippen LogP) is -0.207. The maximum atomic E-state index is 11.0. The van der Waals surface area contributed by atoms with Crippen LogP contribution >= 0.6 is 0 Å². The van der Waals surface area contributed by atoms with E-state index in [-0.39, 0.29) is 22.9 Å². The molecule has 0 N–H and O–H groups in total. The molecule has 0 aliphatic rings. The summed E-state index contributed by atoms with van der Waals surface area (Å²) < 4.78 is 8.78. The third kappa shape index (κ3) is 1.36. The van der Waals surface area contributed by atoms with E-state index >= 15 is 0 Å². The molecule has 0 aliphatic heterocycles. The fourth-order valence-electron chi connectivity index (χ4n) is 0.676. The summed E-state index contributed by atoms with van der Waals surface area (Å²) in [7, 11) is 0. The number of rotatable bonds is 2. The fraction of sp³-hybridized carbons (Fsp3) is 0.500. The molecular formula is C6H8N2O4. The van der Waals surface area contributed by atoms with E-state index in [9.17, 15) is 10.0 Å². The molecular weight excluding hydrogens is 164 g/mol. The van der Waals surface area contributed by atoms with Crippen molar-refractivity contribution in [1.29, 1.82) is 0 Å². The summed E-state index contributed by atoms with van der Waals surface area (Å²) in [5, 5.41) is 13.9. The molecule has 0 fully saturated rings. The average molecular weight is 172 g/mol. The molecule has 6 nitrogen and oxygen atoms in total. The van der Waals surface area contributed by atoms with Gasteiger partial charge < -0.3 is 9.94 Å². The van der Waals surface area contributed by atoms with E-state index in [1.165, 1.54) is 6.92 Å². The zero-order valence-corrected chi connectivity index (χ0v) is 6.73. The summed E-state index contributed by atoms with van der Waals surface area (Å²) in [6.45, 7) is 3.33. The minimum Gasteiger partial charge on any atom is -0.459 e. The van der Waals surface area contributed by atoms with Gasteiger partial charge in [0.25, 0.3) is 0 Å². The van der Waals surface area contributed by atoms with E-state index in [0.717, 1.165) is 0 Å². The summed E-state index contributed by atoms with van der Waals surface area (Å²) in [5.41, 5.74) is 0.0281. The normalized spacial score (nSPS) is 9.83. The van der Waals surface area contributed by atoms with Gasteiger partial charge in [-0.15, -0.1) is 0 Å². The number of hydrogen-bond donors (Lipinski definition) is 0. The first-order valence-corrected chi connectivity index (χ1v) is 3.40. The van der Waals surface area contributed by atoms with Crippen molar-refractivity contribution in [2.75, 3.05) is 6.61 Å². The third-order valence-corrected chi connectivity index (χ3v) is 1.29. The lowest BCUT2D eigenvalue weighted by Gasteiger charge is -1.93. The van der Waals surface area contributed by atoms with Gasteiger partial charge in [0.2, 0.25) is 5.69 Å². The molecule has 0 atom stereocenters. The van der Waals surface area contributed by atoms with Crippen LogP contribution < -0.4 is 4.90 Å². The van der Waals surface area contributed by atoms with Gasteiger partial charge in [-0.1, -0.05) is 0 Å². The highest BCUT2D eigenvalue weighted by Crippen LogP contribution is 2.00. The van der Waals surface area contributed by atoms with Crippen molar-refractivity contribution >= 4 is 5.97 Å². The fourth-order valence-corrected chi connectivity index (χ4v) is 0.676. The van der Waals surface area contributed by atoms with Crippen LogP contribution in [-0.4, -0.2) is 17.7 Å². The van der Waals surface area contributed by atoms with Crippen LogP contribution in [0.5, 0.6) is 0 Å². The highest BCUT2D eigenvalue weighted by atomic mass is 16.8. The van der Waals surface area contributed by atoms with Crippen LogP contribution in [0.15, 0.2) is 4.63 Å². The highest BCUT2D eigenvalue weighted by molar-refractivity contribution is 5.87. The van der Waals surface area contributed by atoms with E-state index in [0.29, 0.717) is 0 Å². The number of hydrogen-bond acceptors (Lipinski definition) is 5. The van der Waals surface area contributed by atoms with Crippen LogP contribution in [0.4, 0.5) is 0 Å². The standard InChI is InChI=1S/C6H8N2O4/c1-3-11-6(9)5-4(2)8(10)12-7-5/h3H2,1-2H3. The zero-order valence-electron chi connectivity index (χ0n) is 6.73. The second-order valence-corrected chi connectivity index (χ2v) is 2.08. The first-order valence-electron chi connectivity index (χ1n) is 3.40. The van der Waals surface area contributed by atoms with Crippen molar-refractivity contribution in [2.24, 2.45) is 0 Å². The molecule has 0 spiro atoms. The summed E-state index contributed by atoms with van der Waals surface area (Å²) in [6, 6.07) is 0. The molecule has 1 heterocycles. The second-order valence-electron chi connectivity index (χ2n) is 2.08. The van der Waals surface area contributed by atoms with Crippen molar-refractivity contribution < 1.29 is 19.1 Å². The Hall–Kier alpha value is -1.59. The maximum absolute atomic E-state index is 11.0. The lowest BCUT2D eigenvalue weighted by Crippen LogP contribution is -2.26. The zero-order chi connectivity index (χ0) is 9.14. The molecule has 0 saturated heterocycles. The molecule has 0 unspecified atom stereocenters. The Morgan fingerprint density at radius 1 is 1.83 bits per heavy atom. The predicted molar refractivity (Wildman–Crippen MR) is 36.2 cm³/mol. The van der Waals surface area contributed by atoms with E-state index < -0.39 is 5.97 Å². The quantitative estimate of drug-likeness (QED) is 0.455. The van der Waals surface area contributed by atoms with E-state index in [2.05, 4.69) is 14.5 Å². The number of ether oxygens (including phenoxy) is 1. The number of carbonyl (C=O) groups is 1. The minimum absolute atomic E-state index is 0.0770. The van der Waals surface area contributed by atoms with Crippen molar-refractivity contribution in [3.8, 4) is 0 Å². The summed E-state index contributed by atoms with van der Waals surface area (Å²) in [6.07, 6.45) is 0. The van der Waals surface area contributed by atoms with Crippen LogP contribution in [0, 0.1) is 12.1 Å². The number of nitrogens with zero attached hydrogens (tertiary/aromatic N) is 2. The molecule has 6 heteroatoms. The van der Waals surface area contributed by atoms with Gasteiger partial charge in [0.05, 0.1) is 11.8 Å². The first kappa shape index (κ1) is 8.51. The van der Waals surface area contributed by atoms with Gasteiger partial charge in [0.15, 0.2) is 0 Å². The summed E-state index contributed by atoms with van der Waals surface area (Å²) in [5.74, 6) is -0.645. The first-order chi connectivity index (χ1) is 5.66. The van der Waals surface area contributed by atoms with E-state index in [4.69, 9.17) is 0 Å². The van der Waals surface area contributed by atoms with Gasteiger partial charge in [-0.3, -0.25) is 4.63 Å². The minimum atomic E-state index is -0.645. The van der Waals surface area contributed by atoms with Crippen LogP contribution in [0.3, 0.4) is 0 Å². The Morgan fingerprint density at radius 3 is 2.92 bits per heavy atom. The molecule has 1 aromatic rings. The Morgan fingerprint density at radius 2 is 2.50 bits per heavy atom. The Kier molecular flexibility index (Phi) is 2.27. The average Bonchev–Trinajstić information content (AvgIpc) is 2.34. The second kappa shape index (κ2) is 3.21. The van der Waals surface area contributed by atoms with Crippen molar-refractivity contribution in [3.63, 3.8) is 0 Å². The maximum Gasteiger partial charge on any atom is 0.389 e. The largest absolute Gasteiger partial charge is 0.459 e. The molecule has 0 saturated carbocycles. The van der Waals surface area contributed by atoms with Crippen LogP contribution in [0.25, 0.3) is 0 Å². The summed E-state index contributed by atoms with van der Waals surface area (Å²) in [4.78, 5) is 11.1. The molecule has 1 rings (SSSR count). The Bertz CT molecular complexity index is 294. The van der Waals surface area contributed by atoms with Crippen LogP contribution in [0.1, 0.15) is 23.1 Å². The summed E-state index contributed by atoms with van der Waals surface area (Å²) >= 11 is 0. The lowest BCUT2D eigenvalue weighted by atomic mass is 10.3. The SMILES string of the molecule is CCOC(=O)c1no[n+]([O-])c1C. The Labute approximate surface area is 68.3 Å². The molecule has 0 bridgehead atoms. The third-order valence-electron chi connectivity index (χ3n) is 1.29. The van der Waals surface area contributed by atoms with E-state index in [1.807, 2.05) is 0 Å². The van der Waals surface area contributed by atoms with Gasteiger partial charge in [0.1, 0.15) is 0 Å². The van der Waals surface area contributed by atoms with Crippen LogP contribution in [-0.2, 0) is 4.74 Å². The van der Waals surface area contributed by atoms with Gasteiger partial charge in [0, 0.05) is 6.92 Å². The monoisotopic (exact) mass is 172 g/mol. The molecule has 12 heavy (non-hydrogen) atoms. The molecule has 1 aromatic heterocycles. The molecule has 0 aliphatic carbocycles. The van der Waals surface area contributed by atoms with Gasteiger partial charge >= 0.3 is 11.7 Å². The van der Waals surface area contributed by atoms with Crippen molar-refractivity contribution in [1.82, 2.24) is 5.16 Å². The van der Waals surface area contributed by atoms with Crippen molar-refractivity contribution in [3.05, 3.63) is 16.6 Å².